The summed E-state index contributed by atoms with van der Waals surface area (Å²) in [6.45, 7) is 0. The van der Waals surface area contributed by atoms with Crippen molar-refractivity contribution < 1.29 is 9.50 Å². The van der Waals surface area contributed by atoms with Crippen molar-refractivity contribution in [3.63, 3.8) is 0 Å². The molecule has 2 fully saturated rings. The monoisotopic (exact) mass is 159 g/mol. The lowest BCUT2D eigenvalue weighted by molar-refractivity contribution is 0.0260. The number of hydrogen-bond donors (Lipinski definition) is 1. The molecule has 2 bridgehead atoms. The first-order valence-corrected chi connectivity index (χ1v) is 4.24. The van der Waals surface area contributed by atoms with Crippen LogP contribution in [0.2, 0.25) is 0 Å². The Labute approximate surface area is 66.0 Å². The van der Waals surface area contributed by atoms with Gasteiger partial charge in [0.15, 0.2) is 0 Å². The van der Waals surface area contributed by atoms with E-state index in [0.29, 0.717) is 6.42 Å². The van der Waals surface area contributed by atoms with Gasteiger partial charge in [-0.05, 0) is 26.3 Å². The fraction of sp³-hybridized carbons (Fsp3) is 1.00. The Kier molecular flexibility index (Phi) is 1.65. The number of halogens is 1. The summed E-state index contributed by atoms with van der Waals surface area (Å²) in [4.78, 5) is 2.00. The molecule has 0 aromatic carbocycles. The minimum absolute atomic E-state index is 0.0865. The topological polar surface area (TPSA) is 23.5 Å². The molecular weight excluding hydrogens is 145 g/mol. The quantitative estimate of drug-likeness (QED) is 0.558. The van der Waals surface area contributed by atoms with Gasteiger partial charge in [0.25, 0.3) is 0 Å². The van der Waals surface area contributed by atoms with E-state index in [1.54, 1.807) is 0 Å². The minimum Gasteiger partial charge on any atom is -0.391 e. The molecule has 0 amide bonds. The van der Waals surface area contributed by atoms with Crippen molar-refractivity contribution in [2.24, 2.45) is 0 Å². The van der Waals surface area contributed by atoms with Crippen molar-refractivity contribution in [3.8, 4) is 0 Å². The summed E-state index contributed by atoms with van der Waals surface area (Å²) in [5, 5.41) is 9.48. The highest BCUT2D eigenvalue weighted by atomic mass is 19.1. The van der Waals surface area contributed by atoms with E-state index in [1.807, 2.05) is 11.9 Å². The Hall–Kier alpha value is -0.150. The minimum atomic E-state index is -0.706. The number of hydrogen-bond acceptors (Lipinski definition) is 2. The molecule has 1 N–H and O–H groups in total. The Morgan fingerprint density at radius 2 is 2.09 bits per heavy atom. The molecular formula is C8H14FNO. The zero-order valence-electron chi connectivity index (χ0n) is 6.70. The van der Waals surface area contributed by atoms with Crippen molar-refractivity contribution in [1.29, 1.82) is 0 Å². The lowest BCUT2D eigenvalue weighted by Crippen LogP contribution is -2.45. The van der Waals surface area contributed by atoms with E-state index in [4.69, 9.17) is 0 Å². The third-order valence-corrected chi connectivity index (χ3v) is 3.13. The van der Waals surface area contributed by atoms with Crippen LogP contribution in [0.15, 0.2) is 0 Å². The molecule has 0 aliphatic carbocycles. The second-order valence-corrected chi connectivity index (χ2v) is 3.70. The van der Waals surface area contributed by atoms with Crippen molar-refractivity contribution in [3.05, 3.63) is 0 Å². The van der Waals surface area contributed by atoms with Gasteiger partial charge in [-0.15, -0.1) is 0 Å². The highest BCUT2D eigenvalue weighted by Crippen LogP contribution is 2.36. The molecule has 64 valence electrons. The average molecular weight is 159 g/mol. The van der Waals surface area contributed by atoms with Gasteiger partial charge < -0.3 is 5.11 Å². The maximum atomic E-state index is 13.1. The van der Waals surface area contributed by atoms with E-state index < -0.39 is 6.17 Å². The van der Waals surface area contributed by atoms with Crippen LogP contribution in [0.3, 0.4) is 0 Å². The van der Waals surface area contributed by atoms with Gasteiger partial charge in [-0.3, -0.25) is 4.90 Å². The SMILES string of the molecule is CN1[C@@H]2CC[C@H](O)[C@H]1C[C@H]2F. The summed E-state index contributed by atoms with van der Waals surface area (Å²) >= 11 is 0. The Morgan fingerprint density at radius 1 is 1.36 bits per heavy atom. The zero-order chi connectivity index (χ0) is 8.01. The Balaban J connectivity index is 2.17. The van der Waals surface area contributed by atoms with E-state index in [9.17, 15) is 9.50 Å². The normalized spacial score (nSPS) is 51.5. The molecule has 2 saturated heterocycles. The molecule has 0 unspecified atom stereocenters. The van der Waals surface area contributed by atoms with Gasteiger partial charge in [-0.1, -0.05) is 0 Å². The summed E-state index contributed by atoms with van der Waals surface area (Å²) in [5.41, 5.74) is 0. The van der Waals surface area contributed by atoms with Gasteiger partial charge >= 0.3 is 0 Å². The number of aliphatic hydroxyl groups is 1. The van der Waals surface area contributed by atoms with Gasteiger partial charge in [-0.25, -0.2) is 4.39 Å². The van der Waals surface area contributed by atoms with E-state index in [1.165, 1.54) is 0 Å². The lowest BCUT2D eigenvalue weighted by Gasteiger charge is -2.34. The molecule has 0 aromatic rings. The summed E-state index contributed by atoms with van der Waals surface area (Å²) in [6, 6.07) is 0.173. The maximum absolute atomic E-state index is 13.1. The van der Waals surface area contributed by atoms with Gasteiger partial charge in [-0.2, -0.15) is 0 Å². The molecule has 0 aromatic heterocycles. The second-order valence-electron chi connectivity index (χ2n) is 3.70. The van der Waals surface area contributed by atoms with E-state index in [-0.39, 0.29) is 18.2 Å². The molecule has 4 atom stereocenters. The van der Waals surface area contributed by atoms with Crippen LogP contribution in [0.1, 0.15) is 19.3 Å². The van der Waals surface area contributed by atoms with Crippen LogP contribution in [0.4, 0.5) is 4.39 Å². The first kappa shape index (κ1) is 7.50. The van der Waals surface area contributed by atoms with Gasteiger partial charge in [0.1, 0.15) is 6.17 Å². The van der Waals surface area contributed by atoms with Gasteiger partial charge in [0.05, 0.1) is 6.10 Å². The first-order chi connectivity index (χ1) is 5.20. The highest BCUT2D eigenvalue weighted by molar-refractivity contribution is 5.00. The van der Waals surface area contributed by atoms with Crippen molar-refractivity contribution in [1.82, 2.24) is 4.90 Å². The lowest BCUT2D eigenvalue weighted by atomic mass is 10.0. The molecule has 2 aliphatic rings. The van der Waals surface area contributed by atoms with Crippen LogP contribution in [-0.2, 0) is 0 Å². The maximum Gasteiger partial charge on any atom is 0.117 e. The molecule has 0 radical (unpaired) electrons. The summed E-state index contributed by atoms with van der Waals surface area (Å²) in [7, 11) is 1.91. The number of fused-ring (bicyclic) bond motifs is 2. The van der Waals surface area contributed by atoms with E-state index in [2.05, 4.69) is 0 Å². The number of nitrogens with zero attached hydrogens (tertiary/aromatic N) is 1. The average Bonchev–Trinajstić information content (AvgIpc) is 2.12. The number of aliphatic hydroxyl groups excluding tert-OH is 1. The molecule has 2 rings (SSSR count). The number of alkyl halides is 1. The summed E-state index contributed by atoms with van der Waals surface area (Å²) < 4.78 is 13.1. The molecule has 3 heteroatoms. The third-order valence-electron chi connectivity index (χ3n) is 3.13. The van der Waals surface area contributed by atoms with Crippen LogP contribution < -0.4 is 0 Å². The van der Waals surface area contributed by atoms with Crippen LogP contribution in [0.25, 0.3) is 0 Å². The Morgan fingerprint density at radius 3 is 2.73 bits per heavy atom. The fourth-order valence-electron chi connectivity index (χ4n) is 2.40. The van der Waals surface area contributed by atoms with Crippen LogP contribution in [0.5, 0.6) is 0 Å². The summed E-state index contributed by atoms with van der Waals surface area (Å²) in [5.74, 6) is 0. The first-order valence-electron chi connectivity index (χ1n) is 4.24. The predicted molar refractivity (Wildman–Crippen MR) is 40.1 cm³/mol. The van der Waals surface area contributed by atoms with Gasteiger partial charge in [0.2, 0.25) is 0 Å². The molecule has 2 aliphatic heterocycles. The smallest absolute Gasteiger partial charge is 0.117 e. The van der Waals surface area contributed by atoms with E-state index >= 15 is 0 Å². The Bertz CT molecular complexity index is 164. The van der Waals surface area contributed by atoms with Crippen molar-refractivity contribution >= 4 is 0 Å². The van der Waals surface area contributed by atoms with Crippen LogP contribution in [-0.4, -0.2) is 41.4 Å². The summed E-state index contributed by atoms with van der Waals surface area (Å²) in [6.07, 6.45) is 1.12. The van der Waals surface area contributed by atoms with Crippen LogP contribution in [0, 0.1) is 0 Å². The van der Waals surface area contributed by atoms with Crippen LogP contribution >= 0.6 is 0 Å². The van der Waals surface area contributed by atoms with Crippen molar-refractivity contribution in [2.45, 2.75) is 43.6 Å². The third kappa shape index (κ3) is 0.983. The largest absolute Gasteiger partial charge is 0.391 e. The second kappa shape index (κ2) is 2.42. The zero-order valence-corrected chi connectivity index (χ0v) is 6.70. The molecule has 0 saturated carbocycles. The van der Waals surface area contributed by atoms with Gasteiger partial charge in [0, 0.05) is 12.1 Å². The number of piperidine rings is 1. The standard InChI is InChI=1S/C8H14FNO/c1-10-6-2-3-8(11)7(10)4-5(6)9/h5-8,11H,2-4H2,1H3/t5-,6-,7-,8+/m1/s1. The predicted octanol–water partition coefficient (Wildman–Crippen LogP) is 0.552. The molecule has 2 heterocycles. The molecule has 0 spiro atoms. The van der Waals surface area contributed by atoms with Crippen molar-refractivity contribution in [2.75, 3.05) is 7.05 Å². The van der Waals surface area contributed by atoms with E-state index in [0.717, 1.165) is 12.8 Å². The number of likely N-dealkylation sites (N-methyl/N-ethyl adjacent to an activating group) is 1. The highest BCUT2D eigenvalue weighted by Gasteiger charge is 2.45. The molecule has 11 heavy (non-hydrogen) atoms. The number of rotatable bonds is 0. The molecule has 2 nitrogen and oxygen atoms in total. The fourth-order valence-corrected chi connectivity index (χ4v) is 2.40.